The maximum absolute atomic E-state index is 12.0. The van der Waals surface area contributed by atoms with Crippen molar-refractivity contribution in [2.45, 2.75) is 217 Å². The highest BCUT2D eigenvalue weighted by Gasteiger charge is 2.59. The minimum absolute atomic E-state index is 0.0356. The summed E-state index contributed by atoms with van der Waals surface area (Å²) in [6, 6.07) is 0. The van der Waals surface area contributed by atoms with E-state index >= 15 is 0 Å². The molecule has 22 saturated heterocycles. The summed E-state index contributed by atoms with van der Waals surface area (Å²) >= 11 is 0. The van der Waals surface area contributed by atoms with E-state index in [1.54, 1.807) is 0 Å². The van der Waals surface area contributed by atoms with Crippen molar-refractivity contribution < 1.29 is 148 Å². The third kappa shape index (κ3) is 13.3. The number of rotatable bonds is 15. The first-order valence-electron chi connectivity index (χ1n) is 25.7. The zero-order valence-electron chi connectivity index (χ0n) is 41.9. The number of nitrogens with zero attached hydrogens (tertiary/aromatic N) is 1. The van der Waals surface area contributed by atoms with Gasteiger partial charge in [-0.15, -0.1) is 0 Å². The largest absolute Gasteiger partial charge is 0.394 e. The number of aliphatic hydroxyl groups excluding tert-OH is 17. The minimum atomic E-state index is -2.14. The van der Waals surface area contributed by atoms with E-state index in [2.05, 4.69) is 4.90 Å². The van der Waals surface area contributed by atoms with Gasteiger partial charge in [-0.3, -0.25) is 0 Å². The number of hydrogen-bond acceptors (Lipinski definition) is 31. The zero-order chi connectivity index (χ0) is 55.3. The van der Waals surface area contributed by atoms with Crippen LogP contribution in [-0.2, 0) is 61.6 Å². The smallest absolute Gasteiger partial charge is 0.187 e. The van der Waals surface area contributed by atoms with Crippen molar-refractivity contribution in [3.8, 4) is 0 Å². The second-order valence-corrected chi connectivity index (χ2v) is 19.8. The van der Waals surface area contributed by atoms with Crippen LogP contribution in [-0.4, -0.2) is 342 Å². The average Bonchev–Trinajstić information content (AvgIpc) is 3.43. The summed E-state index contributed by atoms with van der Waals surface area (Å²) in [7, 11) is 0. The van der Waals surface area contributed by atoms with Crippen LogP contribution in [0.3, 0.4) is 0 Å². The van der Waals surface area contributed by atoms with Crippen molar-refractivity contribution >= 4 is 0 Å². The molecule has 0 aromatic rings. The summed E-state index contributed by atoms with van der Waals surface area (Å²) in [6.07, 6.45) is -54.9. The van der Waals surface area contributed by atoms with Crippen LogP contribution in [0.4, 0.5) is 0 Å². The van der Waals surface area contributed by atoms with Gasteiger partial charge in [-0.25, -0.2) is 0 Å². The van der Waals surface area contributed by atoms with Crippen molar-refractivity contribution in [2.24, 2.45) is 0 Å². The van der Waals surface area contributed by atoms with Gasteiger partial charge in [0.25, 0.3) is 0 Å². The van der Waals surface area contributed by atoms with Crippen LogP contribution in [0.2, 0.25) is 0 Å². The Morgan fingerprint density at radius 3 is 0.816 bits per heavy atom. The van der Waals surface area contributed by atoms with Crippen LogP contribution in [0, 0.1) is 0 Å². The lowest BCUT2D eigenvalue weighted by atomic mass is 9.94. The number of unbranched alkanes of at least 4 members (excludes halogenated alkanes) is 2. The van der Waals surface area contributed by atoms with E-state index in [-0.39, 0.29) is 6.61 Å². The van der Waals surface area contributed by atoms with Crippen LogP contribution in [0.5, 0.6) is 0 Å². The fourth-order valence-corrected chi connectivity index (χ4v) is 10.5. The van der Waals surface area contributed by atoms with E-state index in [1.165, 1.54) is 0 Å². The molecule has 0 saturated carbocycles. The first-order chi connectivity index (χ1) is 36.4. The highest BCUT2D eigenvalue weighted by atomic mass is 16.8. The summed E-state index contributed by atoms with van der Waals surface area (Å²) in [5.74, 6) is 0. The molecule has 0 aromatic heterocycles. The Morgan fingerprint density at radius 2 is 0.553 bits per heavy atom. The number of aliphatic hydroxyl groups is 17. The summed E-state index contributed by atoms with van der Waals surface area (Å²) in [6.45, 7) is 0.697. The van der Waals surface area contributed by atoms with Gasteiger partial charge < -0.3 is 153 Å². The van der Waals surface area contributed by atoms with E-state index < -0.39 is 224 Å². The van der Waals surface area contributed by atoms with E-state index in [0.717, 1.165) is 26.1 Å². The van der Waals surface area contributed by atoms with Crippen molar-refractivity contribution in [3.63, 3.8) is 0 Å². The van der Waals surface area contributed by atoms with Crippen molar-refractivity contribution in [1.82, 2.24) is 4.90 Å². The molecule has 0 aliphatic carbocycles. The average molecular weight is 1110 g/mol. The lowest BCUT2D eigenvalue weighted by molar-refractivity contribution is -0.404. The van der Waals surface area contributed by atoms with Gasteiger partial charge in [0, 0.05) is 6.61 Å². The molecule has 76 heavy (non-hydrogen) atoms. The first-order valence-corrected chi connectivity index (χ1v) is 25.7. The molecule has 0 amide bonds. The lowest BCUT2D eigenvalue weighted by Gasteiger charge is -2.51. The van der Waals surface area contributed by atoms with Crippen LogP contribution in [0.1, 0.15) is 33.1 Å². The topological polar surface area (TPSA) is 467 Å². The van der Waals surface area contributed by atoms with Crippen LogP contribution < -0.4 is 0 Å². The van der Waals surface area contributed by atoms with E-state index in [4.69, 9.17) is 61.6 Å². The number of hydrogen-bond donors (Lipinski definition) is 17. The predicted octanol–water partition coefficient (Wildman–Crippen LogP) is -10.5. The molecule has 17 N–H and O–H groups in total. The van der Waals surface area contributed by atoms with Crippen molar-refractivity contribution in [3.05, 3.63) is 0 Å². The molecule has 444 valence electrons. The molecule has 22 fully saturated rings. The second-order valence-electron chi connectivity index (χ2n) is 19.8. The summed E-state index contributed by atoms with van der Waals surface area (Å²) in [5.41, 5.74) is 0. The quantitative estimate of drug-likeness (QED) is 0.0677. The molecular formula is C45H79NO30. The standard InChI is InChI=1S/C45H79NO30/c1-3-46(4-2)8-6-5-7-9-64-39-32(63)45-70-21(15-52)38(39)76-44-31(62)26(57)36(19(13-50)69-44)74-42-29(60)24(55)34(17(11-48)67-42)72-40-27(58)22(53)33(16(10-47)65-40)71-41-28(59)23(54)35(18(12-49)66-41)73-43-30(61)25(56)37(75-45)20(14-51)68-43/h16-45,47-63H,3-15H2,1-2H3/t16-,17-,18-,19-,20-,21-,22-,23-,24-,25-,26-,27-,28-,29-,30-,31-,32-,33-,34-,35-,36-,37-,38+,39-,40-,41-,42-,43-,44-,45-/m1/s1. The molecular weight excluding hydrogens is 1030 g/mol. The molecule has 12 bridgehead atoms. The Morgan fingerprint density at radius 1 is 0.303 bits per heavy atom. The molecule has 22 heterocycles. The summed E-state index contributed by atoms with van der Waals surface area (Å²) in [5, 5.41) is 189. The monoisotopic (exact) mass is 1110 g/mol. The molecule has 0 aromatic carbocycles. The third-order valence-corrected chi connectivity index (χ3v) is 15.0. The van der Waals surface area contributed by atoms with E-state index in [1.807, 2.05) is 13.8 Å². The fourth-order valence-electron chi connectivity index (χ4n) is 10.5. The van der Waals surface area contributed by atoms with Crippen LogP contribution in [0.25, 0.3) is 0 Å². The highest BCUT2D eigenvalue weighted by molar-refractivity contribution is 5.01. The van der Waals surface area contributed by atoms with Crippen molar-refractivity contribution in [2.75, 3.05) is 65.9 Å². The zero-order valence-corrected chi connectivity index (χ0v) is 41.9. The summed E-state index contributed by atoms with van der Waals surface area (Å²) < 4.78 is 76.2. The Hall–Kier alpha value is -1.24. The Balaban J connectivity index is 1.20. The second kappa shape index (κ2) is 28.2. The third-order valence-electron chi connectivity index (χ3n) is 15.0. The van der Waals surface area contributed by atoms with Gasteiger partial charge in [-0.2, -0.15) is 0 Å². The first kappa shape index (κ1) is 62.4. The maximum atomic E-state index is 12.0. The Labute approximate surface area is 435 Å². The molecule has 30 atom stereocenters. The summed E-state index contributed by atoms with van der Waals surface area (Å²) in [4.78, 5) is 2.23. The lowest BCUT2D eigenvalue weighted by Crippen LogP contribution is -2.69. The maximum Gasteiger partial charge on any atom is 0.187 e. The fraction of sp³-hybridized carbons (Fsp3) is 1.00. The molecule has 22 aliphatic rings. The molecule has 31 nitrogen and oxygen atoms in total. The van der Waals surface area contributed by atoms with Gasteiger partial charge in [0.15, 0.2) is 37.7 Å². The van der Waals surface area contributed by atoms with E-state index in [9.17, 15) is 86.8 Å². The van der Waals surface area contributed by atoms with Gasteiger partial charge in [0.2, 0.25) is 0 Å². The molecule has 0 unspecified atom stereocenters. The Bertz CT molecular complexity index is 1700. The van der Waals surface area contributed by atoms with Gasteiger partial charge in [0.05, 0.1) is 39.6 Å². The van der Waals surface area contributed by atoms with Crippen LogP contribution in [0.15, 0.2) is 0 Å². The van der Waals surface area contributed by atoms with Gasteiger partial charge >= 0.3 is 0 Å². The van der Waals surface area contributed by atoms with Gasteiger partial charge in [-0.05, 0) is 38.9 Å². The van der Waals surface area contributed by atoms with Gasteiger partial charge in [0.1, 0.15) is 146 Å². The Kier molecular flexibility index (Phi) is 23.1. The molecule has 0 spiro atoms. The number of ether oxygens (including phenoxy) is 13. The molecule has 31 heteroatoms. The normalized spacial score (nSPS) is 49.7. The minimum Gasteiger partial charge on any atom is -0.394 e. The molecule has 0 radical (unpaired) electrons. The van der Waals surface area contributed by atoms with Crippen LogP contribution >= 0.6 is 0 Å². The SMILES string of the molecule is CCN(CC)CCCCCO[C@@H]1[C@@H](O)[C@H]2O[C@H]3[C@H](O)[C@@H](O)[C@@H](O[C@H]4[C@H](O)[C@@H](O)[C@@H](O[C@H]5[C@H](O)[C@@H](O)[C@@H](O[C@H]6[C@H](O)[C@@H](O)[C@@H](O[C@H]7[C@H](O)[C@@H](O)[C@@H](O[C@H]1[C@@H](CO)O2)O[C@@H]7CO)O[C@@H]6CO)O[C@@H]5CO)O[C@@H]4CO)O[C@@H]3CO. The van der Waals surface area contributed by atoms with Crippen molar-refractivity contribution in [1.29, 1.82) is 0 Å². The molecule has 22 aliphatic heterocycles. The van der Waals surface area contributed by atoms with Gasteiger partial charge in [-0.1, -0.05) is 13.8 Å². The predicted molar refractivity (Wildman–Crippen MR) is 241 cm³/mol. The highest BCUT2D eigenvalue weighted by Crippen LogP contribution is 2.38. The van der Waals surface area contributed by atoms with E-state index in [0.29, 0.717) is 12.8 Å². The molecule has 22 rings (SSSR count).